The highest BCUT2D eigenvalue weighted by Gasteiger charge is 2.17. The molecule has 0 saturated carbocycles. The van der Waals surface area contributed by atoms with Crippen LogP contribution in [0.3, 0.4) is 0 Å². The normalized spacial score (nSPS) is 7.94. The van der Waals surface area contributed by atoms with Crippen LogP contribution in [-0.4, -0.2) is 32.7 Å². The number of ether oxygens (including phenoxy) is 1. The smallest absolute Gasteiger partial charge is 0.510 e. The van der Waals surface area contributed by atoms with Crippen molar-refractivity contribution in [3.8, 4) is 0 Å². The molecular formula is C10H12B2O6. The molecule has 18 heavy (non-hydrogen) atoms. The summed E-state index contributed by atoms with van der Waals surface area (Å²) >= 11 is 0. The van der Waals surface area contributed by atoms with E-state index >= 15 is 0 Å². The first-order chi connectivity index (χ1) is 8.45. The average molecular weight is 250 g/mol. The molecule has 0 amide bonds. The van der Waals surface area contributed by atoms with Gasteiger partial charge in [0.15, 0.2) is 5.76 Å². The molecule has 0 heterocycles. The van der Waals surface area contributed by atoms with Gasteiger partial charge >= 0.3 is 15.0 Å². The molecule has 0 spiro atoms. The van der Waals surface area contributed by atoms with Crippen LogP contribution in [0.25, 0.3) is 0 Å². The SMILES string of the molecule is CC=C=C=C(C)OC(=O)BC(=O)OBOC(C)=O. The maximum absolute atomic E-state index is 11.2. The summed E-state index contributed by atoms with van der Waals surface area (Å²) < 4.78 is 13.5. The Kier molecular flexibility index (Phi) is 7.86. The van der Waals surface area contributed by atoms with Crippen LogP contribution in [0.4, 0.5) is 9.59 Å². The summed E-state index contributed by atoms with van der Waals surface area (Å²) in [6, 6.07) is 0. The highest BCUT2D eigenvalue weighted by molar-refractivity contribution is 6.95. The molecule has 0 radical (unpaired) electrons. The molecule has 6 nitrogen and oxygen atoms in total. The summed E-state index contributed by atoms with van der Waals surface area (Å²) in [5, 5.41) is 0. The molecule has 0 fully saturated rings. The van der Waals surface area contributed by atoms with Gasteiger partial charge in [0.25, 0.3) is 11.8 Å². The van der Waals surface area contributed by atoms with Crippen molar-refractivity contribution in [3.63, 3.8) is 0 Å². The molecule has 0 atom stereocenters. The van der Waals surface area contributed by atoms with E-state index < -0.39 is 32.7 Å². The highest BCUT2D eigenvalue weighted by atomic mass is 16.6. The van der Waals surface area contributed by atoms with Gasteiger partial charge in [-0.15, -0.1) is 0 Å². The first kappa shape index (κ1) is 15.8. The molecule has 0 aromatic heterocycles. The number of carbonyl (C=O) groups is 3. The predicted molar refractivity (Wildman–Crippen MR) is 65.5 cm³/mol. The number of allylic oxidation sites excluding steroid dienone is 2. The number of rotatable bonds is 5. The van der Waals surface area contributed by atoms with Crippen LogP contribution in [0.5, 0.6) is 0 Å². The average Bonchev–Trinajstić information content (AvgIpc) is 2.25. The summed E-state index contributed by atoms with van der Waals surface area (Å²) in [6.07, 6.45) is 1.59. The summed E-state index contributed by atoms with van der Waals surface area (Å²) in [5.74, 6) is -2.03. The lowest BCUT2D eigenvalue weighted by molar-refractivity contribution is -0.132. The van der Waals surface area contributed by atoms with Gasteiger partial charge in [0.05, 0.1) is 0 Å². The Morgan fingerprint density at radius 2 is 1.78 bits per heavy atom. The third-order valence-electron chi connectivity index (χ3n) is 1.43. The molecule has 0 aliphatic heterocycles. The van der Waals surface area contributed by atoms with Gasteiger partial charge in [-0.2, -0.15) is 0 Å². The van der Waals surface area contributed by atoms with Crippen molar-refractivity contribution < 1.29 is 28.4 Å². The monoisotopic (exact) mass is 250 g/mol. The largest absolute Gasteiger partial charge is 0.579 e. The second-order valence-electron chi connectivity index (χ2n) is 3.04. The van der Waals surface area contributed by atoms with Crippen molar-refractivity contribution in [3.05, 3.63) is 23.3 Å². The molecule has 0 unspecified atom stereocenters. The Morgan fingerprint density at radius 1 is 1.11 bits per heavy atom. The zero-order valence-corrected chi connectivity index (χ0v) is 10.4. The third kappa shape index (κ3) is 9.09. The quantitative estimate of drug-likeness (QED) is 0.407. The highest BCUT2D eigenvalue weighted by Crippen LogP contribution is 1.94. The Labute approximate surface area is 106 Å². The number of carbonyl (C=O) groups excluding carboxylic acids is 3. The Balaban J connectivity index is 4.06. The van der Waals surface area contributed by atoms with Crippen molar-refractivity contribution in [1.82, 2.24) is 0 Å². The lowest BCUT2D eigenvalue weighted by Gasteiger charge is -2.02. The summed E-state index contributed by atoms with van der Waals surface area (Å²) in [5.41, 5.74) is 5.13. The molecule has 0 aromatic carbocycles. The predicted octanol–water partition coefficient (Wildman–Crippen LogP) is 0.760. The van der Waals surface area contributed by atoms with E-state index in [1.54, 1.807) is 13.0 Å². The van der Waals surface area contributed by atoms with Crippen LogP contribution in [-0.2, 0) is 18.8 Å². The molecule has 0 aliphatic rings. The minimum atomic E-state index is -0.843. The van der Waals surface area contributed by atoms with Crippen LogP contribution >= 0.6 is 0 Å². The topological polar surface area (TPSA) is 78.9 Å². The standard InChI is InChI=1S/C10H12B2O6/c1-4-5-6-7(2)16-9(14)11-10(15)18-12-17-8(3)13/h4,11-12H,1-3H3. The van der Waals surface area contributed by atoms with E-state index in [0.717, 1.165) is 0 Å². The van der Waals surface area contributed by atoms with Gasteiger partial charge in [0, 0.05) is 13.8 Å². The summed E-state index contributed by atoms with van der Waals surface area (Å²) in [4.78, 5) is 32.6. The van der Waals surface area contributed by atoms with Crippen LogP contribution in [0.1, 0.15) is 20.8 Å². The van der Waals surface area contributed by atoms with E-state index in [2.05, 4.69) is 20.8 Å². The van der Waals surface area contributed by atoms with E-state index in [-0.39, 0.29) is 5.76 Å². The Hall–Kier alpha value is -2.16. The van der Waals surface area contributed by atoms with Crippen LogP contribution in [0.2, 0.25) is 0 Å². The van der Waals surface area contributed by atoms with E-state index in [4.69, 9.17) is 4.74 Å². The molecule has 0 N–H and O–H groups in total. The van der Waals surface area contributed by atoms with E-state index in [1.165, 1.54) is 13.8 Å². The van der Waals surface area contributed by atoms with Gasteiger partial charge in [0.1, 0.15) is 0 Å². The zero-order valence-electron chi connectivity index (χ0n) is 10.4. The fourth-order valence-electron chi connectivity index (χ4n) is 0.753. The maximum atomic E-state index is 11.2. The van der Waals surface area contributed by atoms with Crippen molar-refractivity contribution in [2.45, 2.75) is 20.8 Å². The number of hydrogen-bond acceptors (Lipinski definition) is 6. The fourth-order valence-corrected chi connectivity index (χ4v) is 0.753. The molecule has 94 valence electrons. The van der Waals surface area contributed by atoms with E-state index in [9.17, 15) is 14.4 Å². The van der Waals surface area contributed by atoms with Gasteiger partial charge in [0.2, 0.25) is 5.87 Å². The third-order valence-corrected chi connectivity index (χ3v) is 1.43. The van der Waals surface area contributed by atoms with Gasteiger partial charge in [-0.25, -0.2) is 0 Å². The zero-order chi connectivity index (χ0) is 14.0. The van der Waals surface area contributed by atoms with E-state index in [1.807, 2.05) is 0 Å². The first-order valence-corrected chi connectivity index (χ1v) is 5.08. The van der Waals surface area contributed by atoms with Gasteiger partial charge in [-0.3, -0.25) is 14.4 Å². The minimum Gasteiger partial charge on any atom is -0.510 e. The van der Waals surface area contributed by atoms with Crippen molar-refractivity contribution >= 4 is 32.7 Å². The van der Waals surface area contributed by atoms with Crippen molar-refractivity contribution in [2.24, 2.45) is 0 Å². The van der Waals surface area contributed by atoms with Crippen molar-refractivity contribution in [2.75, 3.05) is 0 Å². The summed E-state index contributed by atoms with van der Waals surface area (Å²) in [6.45, 7) is 4.40. The van der Waals surface area contributed by atoms with Crippen LogP contribution in [0.15, 0.2) is 23.3 Å². The van der Waals surface area contributed by atoms with Gasteiger partial charge in [-0.1, -0.05) is 5.73 Å². The molecule has 0 aromatic rings. The first-order valence-electron chi connectivity index (χ1n) is 5.08. The molecule has 0 aliphatic carbocycles. The second-order valence-corrected chi connectivity index (χ2v) is 3.04. The van der Waals surface area contributed by atoms with Crippen molar-refractivity contribution in [1.29, 1.82) is 0 Å². The summed E-state index contributed by atoms with van der Waals surface area (Å²) in [7, 11) is -1.09. The van der Waals surface area contributed by atoms with E-state index in [0.29, 0.717) is 0 Å². The van der Waals surface area contributed by atoms with Crippen LogP contribution in [0, 0.1) is 0 Å². The molecular weight excluding hydrogens is 238 g/mol. The lowest BCUT2D eigenvalue weighted by atomic mass is 9.79. The maximum Gasteiger partial charge on any atom is 0.579 e. The van der Waals surface area contributed by atoms with Crippen LogP contribution < -0.4 is 0 Å². The minimum absolute atomic E-state index is 0.186. The molecule has 0 bridgehead atoms. The second kappa shape index (κ2) is 8.93. The van der Waals surface area contributed by atoms with Gasteiger partial charge in [-0.05, 0) is 18.7 Å². The lowest BCUT2D eigenvalue weighted by Crippen LogP contribution is -2.24. The Morgan fingerprint density at radius 3 is 2.33 bits per heavy atom. The van der Waals surface area contributed by atoms with Gasteiger partial charge < -0.3 is 14.0 Å². The molecule has 0 rings (SSSR count). The molecule has 8 heteroatoms. The molecule has 0 saturated heterocycles. The number of hydrogen-bond donors (Lipinski definition) is 0. The Bertz CT molecular complexity index is 430. The fraction of sp³-hybridized carbons (Fsp3) is 0.300.